The molecule has 1 aliphatic heterocycles. The Balaban J connectivity index is 1.50. The third-order valence-corrected chi connectivity index (χ3v) is 7.66. The van der Waals surface area contributed by atoms with Gasteiger partial charge in [0.15, 0.2) is 5.17 Å². The largest absolute Gasteiger partial charge is 0.497 e. The average Bonchev–Trinajstić information content (AvgIpc) is 3.42. The van der Waals surface area contributed by atoms with Crippen LogP contribution in [-0.4, -0.2) is 40.7 Å². The number of amidine groups is 1. The average molecular weight is 552 g/mol. The number of thioether (sulfide) groups is 1. The lowest BCUT2D eigenvalue weighted by Crippen LogP contribution is -2.28. The second kappa shape index (κ2) is 11.7. The van der Waals surface area contributed by atoms with Crippen molar-refractivity contribution >= 4 is 40.6 Å². The van der Waals surface area contributed by atoms with Gasteiger partial charge in [-0.1, -0.05) is 36.4 Å². The molecule has 2 heterocycles. The number of carbonyl (C=O) groups is 2. The molecule has 0 unspecified atom stereocenters. The summed E-state index contributed by atoms with van der Waals surface area (Å²) in [6.07, 6.45) is 1.92. The maximum Gasteiger partial charge on any atom is 0.337 e. The highest BCUT2D eigenvalue weighted by atomic mass is 32.2. The Morgan fingerprint density at radius 1 is 0.950 bits per heavy atom. The molecule has 1 fully saturated rings. The zero-order valence-electron chi connectivity index (χ0n) is 22.8. The van der Waals surface area contributed by atoms with Gasteiger partial charge in [-0.2, -0.15) is 0 Å². The van der Waals surface area contributed by atoms with Gasteiger partial charge in [0, 0.05) is 17.1 Å². The highest BCUT2D eigenvalue weighted by Gasteiger charge is 2.34. The molecular weight excluding hydrogens is 522 g/mol. The van der Waals surface area contributed by atoms with Gasteiger partial charge in [0.05, 0.1) is 36.9 Å². The third kappa shape index (κ3) is 5.58. The summed E-state index contributed by atoms with van der Waals surface area (Å²) in [6.45, 7) is 4.39. The first kappa shape index (κ1) is 27.0. The molecule has 4 aromatic rings. The Kier molecular flexibility index (Phi) is 7.89. The molecule has 1 aliphatic rings. The van der Waals surface area contributed by atoms with Crippen molar-refractivity contribution in [1.82, 2.24) is 9.47 Å². The summed E-state index contributed by atoms with van der Waals surface area (Å²) in [5.74, 6) is 0.270. The second-order valence-corrected chi connectivity index (χ2v) is 10.3. The number of hydrogen-bond donors (Lipinski definition) is 0. The molecule has 1 saturated heterocycles. The fraction of sp³-hybridized carbons (Fsp3) is 0.156. The van der Waals surface area contributed by atoms with Crippen molar-refractivity contribution in [2.75, 3.05) is 14.2 Å². The van der Waals surface area contributed by atoms with E-state index in [9.17, 15) is 9.59 Å². The Morgan fingerprint density at radius 3 is 2.40 bits per heavy atom. The fourth-order valence-electron chi connectivity index (χ4n) is 4.62. The first-order valence-electron chi connectivity index (χ1n) is 12.7. The summed E-state index contributed by atoms with van der Waals surface area (Å²) in [5, 5.41) is 0.623. The molecule has 0 atom stereocenters. The van der Waals surface area contributed by atoms with Crippen LogP contribution in [-0.2, 0) is 16.1 Å². The van der Waals surface area contributed by atoms with E-state index < -0.39 is 0 Å². The number of nitrogens with zero attached hydrogens (tertiary/aromatic N) is 3. The molecule has 0 aliphatic carbocycles. The van der Waals surface area contributed by atoms with E-state index in [0.717, 1.165) is 39.6 Å². The van der Waals surface area contributed by atoms with Crippen molar-refractivity contribution in [1.29, 1.82) is 0 Å². The number of ether oxygens (including phenoxy) is 2. The van der Waals surface area contributed by atoms with E-state index in [1.165, 1.54) is 18.9 Å². The van der Waals surface area contributed by atoms with Crippen LogP contribution in [0.5, 0.6) is 5.75 Å². The number of aryl methyl sites for hydroxylation is 1. The van der Waals surface area contributed by atoms with E-state index in [-0.39, 0.29) is 11.9 Å². The van der Waals surface area contributed by atoms with Crippen LogP contribution in [0, 0.1) is 13.8 Å². The molecule has 202 valence electrons. The summed E-state index contributed by atoms with van der Waals surface area (Å²) < 4.78 is 12.2. The van der Waals surface area contributed by atoms with Gasteiger partial charge in [-0.3, -0.25) is 9.69 Å². The summed E-state index contributed by atoms with van der Waals surface area (Å²) in [6, 6.07) is 26.7. The number of aliphatic imine (C=N–C) groups is 1. The highest BCUT2D eigenvalue weighted by Crippen LogP contribution is 2.36. The van der Waals surface area contributed by atoms with Crippen LogP contribution in [0.4, 0.5) is 5.69 Å². The van der Waals surface area contributed by atoms with E-state index >= 15 is 0 Å². The predicted octanol–water partition coefficient (Wildman–Crippen LogP) is 6.69. The number of rotatable bonds is 7. The number of carbonyl (C=O) groups excluding carboxylic acids is 2. The zero-order valence-corrected chi connectivity index (χ0v) is 23.6. The van der Waals surface area contributed by atoms with Crippen LogP contribution >= 0.6 is 11.8 Å². The summed E-state index contributed by atoms with van der Waals surface area (Å²) in [7, 11) is 3.00. The topological polar surface area (TPSA) is 73.1 Å². The second-order valence-electron chi connectivity index (χ2n) is 9.28. The molecule has 0 N–H and O–H groups in total. The van der Waals surface area contributed by atoms with Gasteiger partial charge in [0.25, 0.3) is 5.91 Å². The summed E-state index contributed by atoms with van der Waals surface area (Å²) in [4.78, 5) is 32.9. The van der Waals surface area contributed by atoms with Crippen LogP contribution in [0.3, 0.4) is 0 Å². The molecule has 7 nitrogen and oxygen atoms in total. The van der Waals surface area contributed by atoms with E-state index in [4.69, 9.17) is 14.5 Å². The molecule has 1 amide bonds. The zero-order chi connectivity index (χ0) is 28.2. The maximum absolute atomic E-state index is 13.7. The lowest BCUT2D eigenvalue weighted by molar-refractivity contribution is -0.122. The molecule has 0 radical (unpaired) electrons. The first-order valence-corrected chi connectivity index (χ1v) is 13.6. The minimum atomic E-state index is -0.387. The molecule has 5 rings (SSSR count). The van der Waals surface area contributed by atoms with Crippen molar-refractivity contribution in [3.63, 3.8) is 0 Å². The van der Waals surface area contributed by atoms with Gasteiger partial charge in [-0.25, -0.2) is 9.79 Å². The quantitative estimate of drug-likeness (QED) is 0.189. The Morgan fingerprint density at radius 2 is 1.70 bits per heavy atom. The van der Waals surface area contributed by atoms with Gasteiger partial charge in [-0.15, -0.1) is 0 Å². The van der Waals surface area contributed by atoms with Gasteiger partial charge < -0.3 is 14.0 Å². The predicted molar refractivity (Wildman–Crippen MR) is 159 cm³/mol. The Hall–Kier alpha value is -4.56. The lowest BCUT2D eigenvalue weighted by Gasteiger charge is -2.16. The summed E-state index contributed by atoms with van der Waals surface area (Å²) in [5.41, 5.74) is 5.93. The summed E-state index contributed by atoms with van der Waals surface area (Å²) >= 11 is 1.36. The molecular formula is C32H29N3O4S. The maximum atomic E-state index is 13.7. The van der Waals surface area contributed by atoms with Crippen molar-refractivity contribution < 1.29 is 19.1 Å². The van der Waals surface area contributed by atoms with Gasteiger partial charge in [0.2, 0.25) is 0 Å². The number of amides is 1. The number of methoxy groups -OCH3 is 2. The number of benzene rings is 3. The SMILES string of the molecule is COC(=O)c1cccc(-n2c(C)cc(/C=C3\SC(=Nc4ccccc4)N(Cc4ccc(OC)cc4)C3=O)c2C)c1. The minimum Gasteiger partial charge on any atom is -0.497 e. The molecule has 8 heteroatoms. The number of esters is 1. The normalized spacial score (nSPS) is 15.2. The van der Waals surface area contributed by atoms with Crippen molar-refractivity contribution in [3.8, 4) is 11.4 Å². The molecule has 0 saturated carbocycles. The Labute approximate surface area is 237 Å². The number of hydrogen-bond acceptors (Lipinski definition) is 6. The molecule has 1 aromatic heterocycles. The smallest absolute Gasteiger partial charge is 0.337 e. The van der Waals surface area contributed by atoms with Crippen molar-refractivity contribution in [2.45, 2.75) is 20.4 Å². The van der Waals surface area contributed by atoms with Crippen molar-refractivity contribution in [2.24, 2.45) is 4.99 Å². The van der Waals surface area contributed by atoms with Gasteiger partial charge in [0.1, 0.15) is 5.75 Å². The van der Waals surface area contributed by atoms with Crippen LogP contribution in [0.1, 0.15) is 32.9 Å². The van der Waals surface area contributed by atoms with E-state index in [1.54, 1.807) is 24.1 Å². The van der Waals surface area contributed by atoms with E-state index in [2.05, 4.69) is 4.57 Å². The minimum absolute atomic E-state index is 0.104. The van der Waals surface area contributed by atoms with Gasteiger partial charge >= 0.3 is 5.97 Å². The molecule has 3 aromatic carbocycles. The molecule has 0 bridgehead atoms. The van der Waals surface area contributed by atoms with E-state index in [1.807, 2.05) is 92.7 Å². The van der Waals surface area contributed by atoms with Crippen LogP contribution < -0.4 is 4.74 Å². The molecule has 0 spiro atoms. The lowest BCUT2D eigenvalue weighted by atomic mass is 10.2. The third-order valence-electron chi connectivity index (χ3n) is 6.65. The van der Waals surface area contributed by atoms with E-state index in [0.29, 0.717) is 22.2 Å². The Bertz CT molecular complexity index is 1620. The highest BCUT2D eigenvalue weighted by molar-refractivity contribution is 8.18. The first-order chi connectivity index (χ1) is 19.4. The van der Waals surface area contributed by atoms with Crippen LogP contribution in [0.25, 0.3) is 11.8 Å². The fourth-order valence-corrected chi connectivity index (χ4v) is 5.61. The van der Waals surface area contributed by atoms with Crippen LogP contribution in [0.2, 0.25) is 0 Å². The molecule has 40 heavy (non-hydrogen) atoms. The standard InChI is InChI=1S/C32H29N3O4S/c1-21-17-25(22(2)35(21)27-12-8-9-24(18-27)31(37)39-4)19-29-30(36)34(20-23-13-15-28(38-3)16-14-23)32(40-29)33-26-10-6-5-7-11-26/h5-19H,20H2,1-4H3/b29-19-,33-32?. The van der Waals surface area contributed by atoms with Crippen molar-refractivity contribution in [3.05, 3.63) is 118 Å². The van der Waals surface area contributed by atoms with Gasteiger partial charge in [-0.05, 0) is 91.3 Å². The number of para-hydroxylation sites is 1. The monoisotopic (exact) mass is 551 g/mol. The van der Waals surface area contributed by atoms with Crippen LogP contribution in [0.15, 0.2) is 94.8 Å². The number of aromatic nitrogens is 1.